The number of hydrogen-bond donors (Lipinski definition) is 0. The Labute approximate surface area is 81.5 Å². The first-order chi connectivity index (χ1) is 3.93. The van der Waals surface area contributed by atoms with Crippen LogP contribution in [-0.2, 0) is 39.1 Å². The molecular formula is C8H8Y-2. The van der Waals surface area contributed by atoms with E-state index in [1.54, 1.807) is 0 Å². The Morgan fingerprint density at radius 3 is 2.56 bits per heavy atom. The van der Waals surface area contributed by atoms with E-state index < -0.39 is 0 Å². The molecule has 0 aliphatic carbocycles. The van der Waals surface area contributed by atoms with E-state index in [1.807, 2.05) is 24.3 Å². The van der Waals surface area contributed by atoms with Gasteiger partial charge in [0.2, 0.25) is 0 Å². The minimum absolute atomic E-state index is 0. The third-order valence-electron chi connectivity index (χ3n) is 1.04. The van der Waals surface area contributed by atoms with Crippen molar-refractivity contribution < 1.29 is 32.7 Å². The van der Waals surface area contributed by atoms with Gasteiger partial charge in [-0.1, -0.05) is 0 Å². The first-order valence-corrected chi connectivity index (χ1v) is 2.68. The molecule has 0 bridgehead atoms. The van der Waals surface area contributed by atoms with Gasteiger partial charge in [-0.05, 0) is 0 Å². The molecule has 1 heteroatoms. The summed E-state index contributed by atoms with van der Waals surface area (Å²) in [4.78, 5) is 0. The van der Waals surface area contributed by atoms with E-state index >= 15 is 0 Å². The maximum absolute atomic E-state index is 3.72. The van der Waals surface area contributed by atoms with Crippen LogP contribution in [0.5, 0.6) is 0 Å². The SMILES string of the molecule is [CH2-]Cc1[c-]cccc1.[Y]. The minimum atomic E-state index is 0. The van der Waals surface area contributed by atoms with Crippen molar-refractivity contribution in [2.24, 2.45) is 0 Å². The van der Waals surface area contributed by atoms with Crippen LogP contribution in [-0.4, -0.2) is 0 Å². The molecule has 0 spiro atoms. The van der Waals surface area contributed by atoms with Crippen LogP contribution in [0.25, 0.3) is 0 Å². The van der Waals surface area contributed by atoms with Crippen LogP contribution in [0.2, 0.25) is 0 Å². The molecule has 0 saturated carbocycles. The summed E-state index contributed by atoms with van der Waals surface area (Å²) in [5.74, 6) is 0. The van der Waals surface area contributed by atoms with Gasteiger partial charge < -0.3 is 6.92 Å². The Kier molecular flexibility index (Phi) is 5.32. The van der Waals surface area contributed by atoms with Crippen molar-refractivity contribution in [2.75, 3.05) is 0 Å². The maximum Gasteiger partial charge on any atom is 0 e. The molecular weight excluding hydrogens is 185 g/mol. The van der Waals surface area contributed by atoms with Crippen LogP contribution in [0.15, 0.2) is 24.3 Å². The van der Waals surface area contributed by atoms with E-state index in [4.69, 9.17) is 0 Å². The van der Waals surface area contributed by atoms with Crippen molar-refractivity contribution in [3.63, 3.8) is 0 Å². The molecule has 0 atom stereocenters. The van der Waals surface area contributed by atoms with Gasteiger partial charge in [0.15, 0.2) is 0 Å². The summed E-state index contributed by atoms with van der Waals surface area (Å²) < 4.78 is 0. The van der Waals surface area contributed by atoms with Gasteiger partial charge in [-0.3, -0.25) is 0 Å². The third-order valence-corrected chi connectivity index (χ3v) is 1.04. The normalized spacial score (nSPS) is 8.11. The third kappa shape index (κ3) is 3.12. The smallest absolute Gasteiger partial charge is 0 e. The molecule has 0 N–H and O–H groups in total. The summed E-state index contributed by atoms with van der Waals surface area (Å²) in [6.45, 7) is 3.72. The summed E-state index contributed by atoms with van der Waals surface area (Å²) in [5.41, 5.74) is 1.17. The van der Waals surface area contributed by atoms with Gasteiger partial charge >= 0.3 is 0 Å². The fourth-order valence-corrected chi connectivity index (χ4v) is 0.586. The molecule has 1 rings (SSSR count). The average molecular weight is 193 g/mol. The average Bonchev–Trinajstić information content (AvgIpc) is 1.90. The molecule has 0 nitrogen and oxygen atoms in total. The predicted molar refractivity (Wildman–Crippen MR) is 34.3 cm³/mol. The van der Waals surface area contributed by atoms with Gasteiger partial charge in [0.05, 0.1) is 0 Å². The van der Waals surface area contributed by atoms with Gasteiger partial charge in [-0.25, -0.2) is 0 Å². The zero-order chi connectivity index (χ0) is 5.82. The molecule has 0 amide bonds. The second-order valence-electron chi connectivity index (χ2n) is 1.64. The van der Waals surface area contributed by atoms with Crippen LogP contribution >= 0.6 is 0 Å². The molecule has 0 unspecified atom stereocenters. The van der Waals surface area contributed by atoms with Crippen molar-refractivity contribution in [2.45, 2.75) is 6.42 Å². The maximum atomic E-state index is 3.72. The van der Waals surface area contributed by atoms with E-state index in [0.717, 1.165) is 6.42 Å². The largest absolute Gasteiger partial charge is 0.341 e. The van der Waals surface area contributed by atoms with Crippen molar-refractivity contribution >= 4 is 0 Å². The van der Waals surface area contributed by atoms with Gasteiger partial charge in [-0.2, -0.15) is 42.3 Å². The van der Waals surface area contributed by atoms with Gasteiger partial charge in [0.25, 0.3) is 0 Å². The number of benzene rings is 1. The summed E-state index contributed by atoms with van der Waals surface area (Å²) in [6, 6.07) is 10.9. The molecule has 0 aromatic heterocycles. The summed E-state index contributed by atoms with van der Waals surface area (Å²) in [6.07, 6.45) is 0.834. The molecule has 1 aromatic carbocycles. The fraction of sp³-hybridized carbons (Fsp3) is 0.125. The number of rotatable bonds is 1. The number of hydrogen-bond acceptors (Lipinski definition) is 0. The summed E-state index contributed by atoms with van der Waals surface area (Å²) >= 11 is 0. The Balaban J connectivity index is 0.000000640. The second kappa shape index (κ2) is 5.14. The molecule has 9 heavy (non-hydrogen) atoms. The van der Waals surface area contributed by atoms with Gasteiger partial charge in [0.1, 0.15) is 0 Å². The van der Waals surface area contributed by atoms with E-state index in [1.165, 1.54) is 5.56 Å². The van der Waals surface area contributed by atoms with Crippen LogP contribution in [0.3, 0.4) is 0 Å². The van der Waals surface area contributed by atoms with Crippen molar-refractivity contribution in [1.29, 1.82) is 0 Å². The molecule has 1 aromatic rings. The van der Waals surface area contributed by atoms with Gasteiger partial charge in [-0.15, -0.1) is 0 Å². The Morgan fingerprint density at radius 1 is 1.44 bits per heavy atom. The quantitative estimate of drug-likeness (QED) is 0.597. The molecule has 1 radical (unpaired) electrons. The summed E-state index contributed by atoms with van der Waals surface area (Å²) in [5, 5.41) is 0. The zero-order valence-corrected chi connectivity index (χ0v) is 8.14. The molecule has 0 fully saturated rings. The monoisotopic (exact) mass is 193 g/mol. The summed E-state index contributed by atoms with van der Waals surface area (Å²) in [7, 11) is 0. The van der Waals surface area contributed by atoms with E-state index in [-0.39, 0.29) is 32.7 Å². The molecule has 0 aliphatic heterocycles. The van der Waals surface area contributed by atoms with E-state index in [9.17, 15) is 0 Å². The van der Waals surface area contributed by atoms with Gasteiger partial charge in [0, 0.05) is 32.7 Å². The van der Waals surface area contributed by atoms with E-state index in [0.29, 0.717) is 0 Å². The molecule has 0 saturated heterocycles. The molecule has 0 heterocycles. The first kappa shape index (κ1) is 9.32. The van der Waals surface area contributed by atoms with Crippen LogP contribution in [0.1, 0.15) is 5.56 Å². The Hall–Kier alpha value is 0.324. The molecule has 45 valence electrons. The van der Waals surface area contributed by atoms with Crippen molar-refractivity contribution in [1.82, 2.24) is 0 Å². The molecule has 0 aliphatic rings. The van der Waals surface area contributed by atoms with Crippen LogP contribution in [0, 0.1) is 13.0 Å². The minimum Gasteiger partial charge on any atom is -0.341 e. The Bertz CT molecular complexity index is 146. The predicted octanol–water partition coefficient (Wildman–Crippen LogP) is 1.86. The Morgan fingerprint density at radius 2 is 2.22 bits per heavy atom. The first-order valence-electron chi connectivity index (χ1n) is 2.68. The van der Waals surface area contributed by atoms with Crippen LogP contribution in [0.4, 0.5) is 0 Å². The zero-order valence-electron chi connectivity index (χ0n) is 5.30. The second-order valence-corrected chi connectivity index (χ2v) is 1.64. The van der Waals surface area contributed by atoms with Crippen LogP contribution < -0.4 is 0 Å². The van der Waals surface area contributed by atoms with E-state index in [2.05, 4.69) is 13.0 Å². The van der Waals surface area contributed by atoms with Crippen molar-refractivity contribution in [3.8, 4) is 0 Å². The fourth-order valence-electron chi connectivity index (χ4n) is 0.586. The van der Waals surface area contributed by atoms with Crippen molar-refractivity contribution in [3.05, 3.63) is 42.8 Å². The standard InChI is InChI=1S/C8H8.Y/c1-2-8-6-4-3-5-7-8;/h3-6H,1-2H2;/q-2;. The topological polar surface area (TPSA) is 0 Å².